The van der Waals surface area contributed by atoms with Gasteiger partial charge in [0.05, 0.1) is 6.61 Å². The van der Waals surface area contributed by atoms with Gasteiger partial charge in [-0.15, -0.1) is 0 Å². The summed E-state index contributed by atoms with van der Waals surface area (Å²) in [4.78, 5) is 22.8. The third-order valence-electron chi connectivity index (χ3n) is 2.98. The van der Waals surface area contributed by atoms with E-state index in [0.29, 0.717) is 31.6 Å². The van der Waals surface area contributed by atoms with E-state index in [0.717, 1.165) is 6.42 Å². The molecule has 0 spiro atoms. The number of carbonyl (C=O) groups excluding carboxylic acids is 2. The number of hydrogen-bond donors (Lipinski definition) is 0. The lowest BCUT2D eigenvalue weighted by molar-refractivity contribution is -0.142. The van der Waals surface area contributed by atoms with Gasteiger partial charge in [0.2, 0.25) is 0 Å². The molecule has 2 rings (SSSR count). The lowest BCUT2D eigenvalue weighted by Gasteiger charge is -2.11. The lowest BCUT2D eigenvalue weighted by atomic mass is 9.97. The zero-order chi connectivity index (χ0) is 12.8. The highest BCUT2D eigenvalue weighted by Gasteiger charge is 2.20. The number of cyclic esters (lactones) is 1. The number of ether oxygens (including phenoxy) is 2. The maximum atomic E-state index is 11.7. The first kappa shape index (κ1) is 12.6. The van der Waals surface area contributed by atoms with Gasteiger partial charge in [-0.3, -0.25) is 9.59 Å². The number of para-hydroxylation sites is 1. The number of hydrogen-bond acceptors (Lipinski definition) is 4. The van der Waals surface area contributed by atoms with E-state index in [-0.39, 0.29) is 17.9 Å². The van der Waals surface area contributed by atoms with E-state index in [1.165, 1.54) is 0 Å². The topological polar surface area (TPSA) is 52.6 Å². The second kappa shape index (κ2) is 6.19. The van der Waals surface area contributed by atoms with E-state index in [4.69, 9.17) is 9.47 Å². The Bertz CT molecular complexity index is 413. The molecule has 1 heterocycles. The van der Waals surface area contributed by atoms with Crippen molar-refractivity contribution in [3.8, 4) is 5.75 Å². The summed E-state index contributed by atoms with van der Waals surface area (Å²) in [5, 5.41) is 0. The molecule has 1 aromatic carbocycles. The van der Waals surface area contributed by atoms with Crippen molar-refractivity contribution in [3.05, 3.63) is 30.3 Å². The minimum Gasteiger partial charge on any atom is -0.466 e. The Morgan fingerprint density at radius 2 is 2.06 bits per heavy atom. The molecule has 4 heteroatoms. The molecule has 1 unspecified atom stereocenters. The number of esters is 2. The molecule has 1 atom stereocenters. The van der Waals surface area contributed by atoms with Crippen molar-refractivity contribution >= 4 is 11.9 Å². The van der Waals surface area contributed by atoms with E-state index in [1.54, 1.807) is 12.1 Å². The smallest absolute Gasteiger partial charge is 0.311 e. The molecule has 1 aliphatic heterocycles. The van der Waals surface area contributed by atoms with Crippen LogP contribution >= 0.6 is 0 Å². The number of benzene rings is 1. The Morgan fingerprint density at radius 3 is 2.83 bits per heavy atom. The summed E-state index contributed by atoms with van der Waals surface area (Å²) in [7, 11) is 0. The summed E-state index contributed by atoms with van der Waals surface area (Å²) in [5.74, 6) is 0.311. The van der Waals surface area contributed by atoms with Crippen molar-refractivity contribution in [3.63, 3.8) is 0 Å². The Kier molecular flexibility index (Phi) is 4.34. The normalized spacial score (nSPS) is 19.8. The maximum Gasteiger partial charge on any atom is 0.311 e. The van der Waals surface area contributed by atoms with Crippen molar-refractivity contribution < 1.29 is 19.1 Å². The maximum absolute atomic E-state index is 11.7. The minimum absolute atomic E-state index is 0.172. The summed E-state index contributed by atoms with van der Waals surface area (Å²) in [6.07, 6.45) is 2.16. The van der Waals surface area contributed by atoms with Crippen LogP contribution < -0.4 is 4.74 Å². The molecule has 1 fully saturated rings. The fourth-order valence-corrected chi connectivity index (χ4v) is 1.98. The Hall–Kier alpha value is -1.84. The van der Waals surface area contributed by atoms with Crippen molar-refractivity contribution in [2.24, 2.45) is 5.92 Å². The second-order valence-corrected chi connectivity index (χ2v) is 4.41. The highest BCUT2D eigenvalue weighted by molar-refractivity contribution is 5.73. The van der Waals surface area contributed by atoms with E-state index in [1.807, 2.05) is 18.2 Å². The molecule has 1 saturated heterocycles. The third kappa shape index (κ3) is 3.87. The number of rotatable bonds is 3. The highest BCUT2D eigenvalue weighted by Crippen LogP contribution is 2.21. The van der Waals surface area contributed by atoms with Crippen LogP contribution in [0, 0.1) is 5.92 Å². The van der Waals surface area contributed by atoms with Crippen LogP contribution in [0.2, 0.25) is 0 Å². The lowest BCUT2D eigenvalue weighted by Crippen LogP contribution is -2.14. The van der Waals surface area contributed by atoms with Gasteiger partial charge in [0, 0.05) is 12.8 Å². The van der Waals surface area contributed by atoms with Gasteiger partial charge < -0.3 is 9.47 Å². The van der Waals surface area contributed by atoms with E-state index in [2.05, 4.69) is 0 Å². The summed E-state index contributed by atoms with van der Waals surface area (Å²) in [5.41, 5.74) is 0. The van der Waals surface area contributed by atoms with Crippen LogP contribution in [0.15, 0.2) is 30.3 Å². The molecule has 96 valence electrons. The van der Waals surface area contributed by atoms with Gasteiger partial charge in [-0.1, -0.05) is 18.2 Å². The average molecular weight is 248 g/mol. The van der Waals surface area contributed by atoms with Crippen LogP contribution in [0.5, 0.6) is 5.75 Å². The fourth-order valence-electron chi connectivity index (χ4n) is 1.98. The Balaban J connectivity index is 1.82. The molecule has 1 aromatic rings. The standard InChI is InChI=1S/C14H16O4/c15-13-7-6-11(8-9-17-13)10-14(16)18-12-4-2-1-3-5-12/h1-5,11H,6-10H2. The molecule has 0 radical (unpaired) electrons. The van der Waals surface area contributed by atoms with Crippen molar-refractivity contribution in [2.45, 2.75) is 25.7 Å². The first-order valence-electron chi connectivity index (χ1n) is 6.15. The zero-order valence-corrected chi connectivity index (χ0v) is 10.1. The summed E-state index contributed by atoms with van der Waals surface area (Å²) < 4.78 is 10.2. The van der Waals surface area contributed by atoms with Gasteiger partial charge in [0.1, 0.15) is 5.75 Å². The van der Waals surface area contributed by atoms with Gasteiger partial charge in [0.25, 0.3) is 0 Å². The second-order valence-electron chi connectivity index (χ2n) is 4.41. The average Bonchev–Trinajstić information content (AvgIpc) is 2.56. The minimum atomic E-state index is -0.249. The largest absolute Gasteiger partial charge is 0.466 e. The SMILES string of the molecule is O=C1CCC(CC(=O)Oc2ccccc2)CCO1. The van der Waals surface area contributed by atoms with Crippen molar-refractivity contribution in [1.82, 2.24) is 0 Å². The molecule has 0 saturated carbocycles. The molecular weight excluding hydrogens is 232 g/mol. The molecule has 0 amide bonds. The van der Waals surface area contributed by atoms with Gasteiger partial charge >= 0.3 is 11.9 Å². The van der Waals surface area contributed by atoms with Crippen molar-refractivity contribution in [1.29, 1.82) is 0 Å². The van der Waals surface area contributed by atoms with Crippen LogP contribution in [0.3, 0.4) is 0 Å². The molecule has 0 aromatic heterocycles. The summed E-state index contributed by atoms with van der Waals surface area (Å²) in [6.45, 7) is 0.405. The summed E-state index contributed by atoms with van der Waals surface area (Å²) >= 11 is 0. The molecule has 1 aliphatic rings. The fraction of sp³-hybridized carbons (Fsp3) is 0.429. The molecule has 0 aliphatic carbocycles. The monoisotopic (exact) mass is 248 g/mol. The van der Waals surface area contributed by atoms with Gasteiger partial charge in [-0.25, -0.2) is 0 Å². The van der Waals surface area contributed by atoms with Gasteiger partial charge in [-0.05, 0) is 30.9 Å². The molecule has 0 N–H and O–H groups in total. The van der Waals surface area contributed by atoms with Crippen LogP contribution in [0.25, 0.3) is 0 Å². The van der Waals surface area contributed by atoms with Gasteiger partial charge in [0.15, 0.2) is 0 Å². The Morgan fingerprint density at radius 1 is 1.28 bits per heavy atom. The van der Waals surface area contributed by atoms with Gasteiger partial charge in [-0.2, -0.15) is 0 Å². The van der Waals surface area contributed by atoms with Crippen molar-refractivity contribution in [2.75, 3.05) is 6.61 Å². The Labute approximate surface area is 106 Å². The molecule has 18 heavy (non-hydrogen) atoms. The third-order valence-corrected chi connectivity index (χ3v) is 2.98. The first-order valence-corrected chi connectivity index (χ1v) is 6.15. The van der Waals surface area contributed by atoms with Crippen LogP contribution in [-0.4, -0.2) is 18.5 Å². The molecule has 0 bridgehead atoms. The molecular formula is C14H16O4. The van der Waals surface area contributed by atoms with Crippen LogP contribution in [0.4, 0.5) is 0 Å². The predicted molar refractivity (Wildman–Crippen MR) is 65.0 cm³/mol. The zero-order valence-electron chi connectivity index (χ0n) is 10.1. The first-order chi connectivity index (χ1) is 8.74. The molecule has 4 nitrogen and oxygen atoms in total. The predicted octanol–water partition coefficient (Wildman–Crippen LogP) is 2.33. The summed E-state index contributed by atoms with van der Waals surface area (Å²) in [6, 6.07) is 9.00. The highest BCUT2D eigenvalue weighted by atomic mass is 16.5. The number of carbonyl (C=O) groups is 2. The quantitative estimate of drug-likeness (QED) is 0.608. The van der Waals surface area contributed by atoms with Crippen LogP contribution in [0.1, 0.15) is 25.7 Å². The van der Waals surface area contributed by atoms with E-state index < -0.39 is 0 Å². The van der Waals surface area contributed by atoms with E-state index in [9.17, 15) is 9.59 Å². The van der Waals surface area contributed by atoms with Crippen LogP contribution in [-0.2, 0) is 14.3 Å². The van der Waals surface area contributed by atoms with E-state index >= 15 is 0 Å².